The lowest BCUT2D eigenvalue weighted by atomic mass is 9.98. The Hall–Kier alpha value is -1.53. The average molecular weight is 334 g/mol. The highest BCUT2D eigenvalue weighted by Crippen LogP contribution is 2.30. The van der Waals surface area contributed by atoms with Gasteiger partial charge in [-0.3, -0.25) is 4.90 Å². The summed E-state index contributed by atoms with van der Waals surface area (Å²) < 4.78 is 13.3. The summed E-state index contributed by atoms with van der Waals surface area (Å²) >= 11 is 1.69. The lowest BCUT2D eigenvalue weighted by Crippen LogP contribution is -2.45. The SMILES string of the molecule is CC(C)(C)c1nnc(N2CCN(Cc3cccc(F)c3)CC2)s1. The zero-order valence-corrected chi connectivity index (χ0v) is 14.7. The molecule has 1 fully saturated rings. The Labute approximate surface area is 141 Å². The van der Waals surface area contributed by atoms with Crippen molar-refractivity contribution in [3.8, 4) is 0 Å². The van der Waals surface area contributed by atoms with Gasteiger partial charge in [0.15, 0.2) is 0 Å². The molecule has 4 nitrogen and oxygen atoms in total. The first-order valence-electron chi connectivity index (χ1n) is 7.97. The maximum absolute atomic E-state index is 13.3. The summed E-state index contributed by atoms with van der Waals surface area (Å²) in [5.74, 6) is -0.162. The van der Waals surface area contributed by atoms with Gasteiger partial charge in [0.25, 0.3) is 0 Å². The molecular formula is C17H23FN4S. The fraction of sp³-hybridized carbons (Fsp3) is 0.529. The Kier molecular flexibility index (Phi) is 4.64. The van der Waals surface area contributed by atoms with Crippen molar-refractivity contribution in [1.82, 2.24) is 15.1 Å². The lowest BCUT2D eigenvalue weighted by molar-refractivity contribution is 0.249. The standard InChI is InChI=1S/C17H23FN4S/c1-17(2,3)15-19-20-16(23-15)22-9-7-21(8-10-22)12-13-5-4-6-14(18)11-13/h4-6,11H,7-10,12H2,1-3H3. The lowest BCUT2D eigenvalue weighted by Gasteiger charge is -2.34. The second kappa shape index (κ2) is 6.53. The van der Waals surface area contributed by atoms with Gasteiger partial charge < -0.3 is 4.90 Å². The molecule has 3 rings (SSSR count). The number of benzene rings is 1. The van der Waals surface area contributed by atoms with Crippen molar-refractivity contribution in [3.63, 3.8) is 0 Å². The smallest absolute Gasteiger partial charge is 0.208 e. The van der Waals surface area contributed by atoms with Crippen LogP contribution in [0.2, 0.25) is 0 Å². The van der Waals surface area contributed by atoms with Crippen molar-refractivity contribution in [3.05, 3.63) is 40.7 Å². The van der Waals surface area contributed by atoms with Crippen molar-refractivity contribution >= 4 is 16.5 Å². The minimum absolute atomic E-state index is 0.0507. The second-order valence-corrected chi connectivity index (χ2v) is 7.99. The molecule has 1 aromatic heterocycles. The minimum atomic E-state index is -0.162. The number of piperazine rings is 1. The van der Waals surface area contributed by atoms with Gasteiger partial charge in [-0.05, 0) is 17.7 Å². The summed E-state index contributed by atoms with van der Waals surface area (Å²) in [4.78, 5) is 4.66. The maximum Gasteiger partial charge on any atom is 0.208 e. The molecule has 1 aliphatic heterocycles. The second-order valence-electron chi connectivity index (χ2n) is 7.03. The quantitative estimate of drug-likeness (QED) is 0.862. The monoisotopic (exact) mass is 334 g/mol. The summed E-state index contributed by atoms with van der Waals surface area (Å²) in [5, 5.41) is 10.8. The molecule has 2 heterocycles. The highest BCUT2D eigenvalue weighted by atomic mass is 32.1. The Morgan fingerprint density at radius 2 is 1.87 bits per heavy atom. The van der Waals surface area contributed by atoms with Gasteiger partial charge in [-0.25, -0.2) is 4.39 Å². The molecule has 0 radical (unpaired) electrons. The van der Waals surface area contributed by atoms with E-state index in [1.54, 1.807) is 23.5 Å². The number of rotatable bonds is 3. The van der Waals surface area contributed by atoms with Crippen LogP contribution < -0.4 is 4.90 Å². The molecule has 0 atom stereocenters. The number of hydrogen-bond donors (Lipinski definition) is 0. The zero-order chi connectivity index (χ0) is 16.4. The van der Waals surface area contributed by atoms with Crippen molar-refractivity contribution in [2.45, 2.75) is 32.7 Å². The third-order valence-corrected chi connectivity index (χ3v) is 5.40. The molecule has 1 aromatic carbocycles. The Morgan fingerprint density at radius 3 is 2.48 bits per heavy atom. The summed E-state index contributed by atoms with van der Waals surface area (Å²) in [6, 6.07) is 6.86. The average Bonchev–Trinajstić information content (AvgIpc) is 2.98. The summed E-state index contributed by atoms with van der Waals surface area (Å²) in [6.45, 7) is 11.1. The maximum atomic E-state index is 13.3. The highest BCUT2D eigenvalue weighted by Gasteiger charge is 2.24. The molecule has 0 bridgehead atoms. The fourth-order valence-electron chi connectivity index (χ4n) is 2.64. The number of aromatic nitrogens is 2. The summed E-state index contributed by atoms with van der Waals surface area (Å²) in [6.07, 6.45) is 0. The van der Waals surface area contributed by atoms with E-state index in [0.29, 0.717) is 0 Å². The van der Waals surface area contributed by atoms with Gasteiger partial charge in [0.05, 0.1) is 0 Å². The van der Waals surface area contributed by atoms with E-state index in [9.17, 15) is 4.39 Å². The largest absolute Gasteiger partial charge is 0.344 e. The molecule has 1 saturated heterocycles. The van der Waals surface area contributed by atoms with Crippen molar-refractivity contribution in [2.24, 2.45) is 0 Å². The molecule has 0 N–H and O–H groups in total. The van der Waals surface area contributed by atoms with E-state index in [1.165, 1.54) is 6.07 Å². The van der Waals surface area contributed by atoms with Crippen LogP contribution in [0.4, 0.5) is 9.52 Å². The minimum Gasteiger partial charge on any atom is -0.344 e. The van der Waals surface area contributed by atoms with Crippen LogP contribution in [0.5, 0.6) is 0 Å². The predicted octanol–water partition coefficient (Wildman–Crippen LogP) is 3.30. The van der Waals surface area contributed by atoms with Crippen LogP contribution in [0.1, 0.15) is 31.3 Å². The van der Waals surface area contributed by atoms with E-state index in [-0.39, 0.29) is 11.2 Å². The third-order valence-electron chi connectivity index (χ3n) is 3.99. The van der Waals surface area contributed by atoms with E-state index in [4.69, 9.17) is 0 Å². The Bertz CT molecular complexity index is 657. The van der Waals surface area contributed by atoms with Crippen LogP contribution in [0, 0.1) is 5.82 Å². The van der Waals surface area contributed by atoms with Crippen molar-refractivity contribution in [2.75, 3.05) is 31.1 Å². The predicted molar refractivity (Wildman–Crippen MR) is 92.5 cm³/mol. The Morgan fingerprint density at radius 1 is 1.13 bits per heavy atom. The molecular weight excluding hydrogens is 311 g/mol. The highest BCUT2D eigenvalue weighted by molar-refractivity contribution is 7.15. The fourth-order valence-corrected chi connectivity index (χ4v) is 3.59. The molecule has 1 aliphatic rings. The first-order valence-corrected chi connectivity index (χ1v) is 8.79. The van der Waals surface area contributed by atoms with Crippen LogP contribution >= 0.6 is 11.3 Å². The number of halogens is 1. The van der Waals surface area contributed by atoms with Crippen molar-refractivity contribution < 1.29 is 4.39 Å². The molecule has 0 saturated carbocycles. The molecule has 2 aromatic rings. The molecule has 0 unspecified atom stereocenters. The Balaban J connectivity index is 1.57. The van der Waals surface area contributed by atoms with Gasteiger partial charge in [-0.1, -0.05) is 44.2 Å². The molecule has 6 heteroatoms. The molecule has 0 spiro atoms. The van der Waals surface area contributed by atoms with Gasteiger partial charge in [0.2, 0.25) is 5.13 Å². The molecule has 0 amide bonds. The molecule has 23 heavy (non-hydrogen) atoms. The van der Waals surface area contributed by atoms with Crippen LogP contribution in [-0.4, -0.2) is 41.3 Å². The summed E-state index contributed by atoms with van der Waals surface area (Å²) in [7, 11) is 0. The first-order chi connectivity index (χ1) is 10.9. The first kappa shape index (κ1) is 16.3. The van der Waals surface area contributed by atoms with Crippen LogP contribution in [0.15, 0.2) is 24.3 Å². The van der Waals surface area contributed by atoms with E-state index in [2.05, 4.69) is 40.8 Å². The number of nitrogens with zero attached hydrogens (tertiary/aromatic N) is 4. The normalized spacial score (nSPS) is 16.8. The molecule has 124 valence electrons. The van der Waals surface area contributed by atoms with Gasteiger partial charge in [-0.15, -0.1) is 10.2 Å². The van der Waals surface area contributed by atoms with E-state index in [0.717, 1.165) is 48.4 Å². The van der Waals surface area contributed by atoms with E-state index in [1.807, 2.05) is 6.07 Å². The zero-order valence-electron chi connectivity index (χ0n) is 13.9. The van der Waals surface area contributed by atoms with Gasteiger partial charge >= 0.3 is 0 Å². The van der Waals surface area contributed by atoms with Crippen LogP contribution in [0.3, 0.4) is 0 Å². The van der Waals surface area contributed by atoms with E-state index >= 15 is 0 Å². The van der Waals surface area contributed by atoms with Crippen LogP contribution in [-0.2, 0) is 12.0 Å². The summed E-state index contributed by atoms with van der Waals surface area (Å²) in [5.41, 5.74) is 1.08. The van der Waals surface area contributed by atoms with Gasteiger partial charge in [0, 0.05) is 38.1 Å². The van der Waals surface area contributed by atoms with Gasteiger partial charge in [0.1, 0.15) is 10.8 Å². The third kappa shape index (κ3) is 4.06. The van der Waals surface area contributed by atoms with Gasteiger partial charge in [-0.2, -0.15) is 0 Å². The number of hydrogen-bond acceptors (Lipinski definition) is 5. The molecule has 0 aliphatic carbocycles. The van der Waals surface area contributed by atoms with Crippen molar-refractivity contribution in [1.29, 1.82) is 0 Å². The van der Waals surface area contributed by atoms with E-state index < -0.39 is 0 Å². The topological polar surface area (TPSA) is 32.3 Å². The number of anilines is 1. The van der Waals surface area contributed by atoms with Crippen LogP contribution in [0.25, 0.3) is 0 Å².